The van der Waals surface area contributed by atoms with Gasteiger partial charge in [-0.2, -0.15) is 12.7 Å². The molecule has 0 bridgehead atoms. The Bertz CT molecular complexity index is 1790. The highest BCUT2D eigenvalue weighted by molar-refractivity contribution is 7.87. The van der Waals surface area contributed by atoms with E-state index < -0.39 is 74.3 Å². The molecule has 5 amide bonds. The van der Waals surface area contributed by atoms with Crippen LogP contribution in [-0.2, 0) is 34.2 Å². The molecule has 0 aromatic rings. The predicted octanol–water partition coefficient (Wildman–Crippen LogP) is 3.63. The first-order chi connectivity index (χ1) is 26.8. The second-order valence-corrected chi connectivity index (χ2v) is 23.0. The standard InChI is InChI=1S/C43H71N7O7S/c1-12-28-24-43(28,37(55)47-58(56,57)48-21-15-16-22-48)46-34(52)30-25-42(40(10,11)41(42)19-17-20-41)26-50(30)36(54)32(39(7,8)9)45-35(53)31(38(4,5)6)44-33(51)29-18-13-14-23-49(29)27(2)3/h12,27-32H,1,13-26H2,2-11H3,(H,44,51)(H,45,53)(H,46,52)(H,47,55)/t28-,29+,30+,31-,32-,42-,43-/m1/s1. The van der Waals surface area contributed by atoms with E-state index in [9.17, 15) is 27.6 Å². The minimum absolute atomic E-state index is 0.0270. The smallest absolute Gasteiger partial charge is 0.303 e. The van der Waals surface area contributed by atoms with E-state index in [4.69, 9.17) is 0 Å². The van der Waals surface area contributed by atoms with E-state index in [1.165, 1.54) is 4.31 Å². The number of amides is 5. The lowest BCUT2D eigenvalue weighted by Crippen LogP contribution is -2.64. The summed E-state index contributed by atoms with van der Waals surface area (Å²) in [4.78, 5) is 75.9. The van der Waals surface area contributed by atoms with Crippen LogP contribution in [0, 0.1) is 33.0 Å². The van der Waals surface area contributed by atoms with E-state index in [1.54, 1.807) is 11.0 Å². The Balaban J connectivity index is 1.27. The van der Waals surface area contributed by atoms with Crippen molar-refractivity contribution in [1.29, 1.82) is 0 Å². The Labute approximate surface area is 347 Å². The molecule has 14 nitrogen and oxygen atoms in total. The van der Waals surface area contributed by atoms with Crippen LogP contribution in [0.1, 0.15) is 133 Å². The zero-order valence-electron chi connectivity index (χ0n) is 36.8. The fourth-order valence-corrected chi connectivity index (χ4v) is 12.7. The fraction of sp³-hybridized carbons (Fsp3) is 0.837. The molecule has 4 N–H and O–H groups in total. The lowest BCUT2D eigenvalue weighted by Gasteiger charge is -2.40. The first-order valence-corrected chi connectivity index (χ1v) is 23.2. The zero-order valence-corrected chi connectivity index (χ0v) is 37.6. The van der Waals surface area contributed by atoms with Gasteiger partial charge in [-0.25, -0.2) is 4.72 Å². The molecule has 2 spiro atoms. The van der Waals surface area contributed by atoms with Crippen molar-refractivity contribution in [2.24, 2.45) is 33.0 Å². The van der Waals surface area contributed by atoms with Gasteiger partial charge in [0.25, 0.3) is 5.91 Å². The topological polar surface area (TPSA) is 177 Å². The lowest BCUT2D eigenvalue weighted by atomic mass is 9.73. The van der Waals surface area contributed by atoms with Gasteiger partial charge in [0.15, 0.2) is 0 Å². The summed E-state index contributed by atoms with van der Waals surface area (Å²) in [5.41, 5.74) is -3.54. The molecule has 3 saturated heterocycles. The molecule has 6 rings (SSSR count). The van der Waals surface area contributed by atoms with Gasteiger partial charge in [0.1, 0.15) is 23.7 Å². The predicted molar refractivity (Wildman–Crippen MR) is 222 cm³/mol. The number of carbonyl (C=O) groups is 5. The van der Waals surface area contributed by atoms with Gasteiger partial charge in [0.2, 0.25) is 23.6 Å². The Hall–Kier alpha value is -3.04. The second-order valence-electron chi connectivity index (χ2n) is 21.3. The van der Waals surface area contributed by atoms with Crippen LogP contribution >= 0.6 is 0 Å². The third-order valence-corrected chi connectivity index (χ3v) is 16.9. The number of likely N-dealkylation sites (tertiary alicyclic amines) is 2. The van der Waals surface area contributed by atoms with Crippen molar-refractivity contribution in [3.8, 4) is 0 Å². The number of carbonyl (C=O) groups excluding carboxylic acids is 5. The Morgan fingerprint density at radius 1 is 0.776 bits per heavy atom. The van der Waals surface area contributed by atoms with E-state index in [-0.39, 0.29) is 40.7 Å². The van der Waals surface area contributed by atoms with E-state index in [2.05, 4.69) is 59.8 Å². The van der Waals surface area contributed by atoms with Crippen LogP contribution in [-0.4, -0.2) is 114 Å². The van der Waals surface area contributed by atoms with Gasteiger partial charge in [-0.05, 0) is 93.4 Å². The quantitative estimate of drug-likeness (QED) is 0.216. The summed E-state index contributed by atoms with van der Waals surface area (Å²) in [6.07, 6.45) is 9.24. The van der Waals surface area contributed by atoms with Crippen molar-refractivity contribution < 1.29 is 32.4 Å². The van der Waals surface area contributed by atoms with Crippen LogP contribution in [0.4, 0.5) is 0 Å². The first-order valence-electron chi connectivity index (χ1n) is 21.7. The normalized spacial score (nSPS) is 31.6. The minimum atomic E-state index is -4.11. The van der Waals surface area contributed by atoms with Crippen molar-refractivity contribution in [2.75, 3.05) is 26.2 Å². The molecule has 15 heteroatoms. The maximum Gasteiger partial charge on any atom is 0.303 e. The van der Waals surface area contributed by atoms with Crippen molar-refractivity contribution >= 4 is 39.7 Å². The molecule has 6 aliphatic rings. The maximum absolute atomic E-state index is 15.2. The van der Waals surface area contributed by atoms with Crippen molar-refractivity contribution in [2.45, 2.75) is 169 Å². The van der Waals surface area contributed by atoms with E-state index in [0.717, 1.165) is 38.6 Å². The average molecular weight is 830 g/mol. The third-order valence-electron chi connectivity index (χ3n) is 15.4. The lowest BCUT2D eigenvalue weighted by molar-refractivity contribution is -0.145. The summed E-state index contributed by atoms with van der Waals surface area (Å²) in [5, 5.41) is 9.09. The highest BCUT2D eigenvalue weighted by atomic mass is 32.2. The van der Waals surface area contributed by atoms with E-state index >= 15 is 4.79 Å². The van der Waals surface area contributed by atoms with Gasteiger partial charge >= 0.3 is 10.2 Å². The maximum atomic E-state index is 15.2. The molecular formula is C43H71N7O7S. The summed E-state index contributed by atoms with van der Waals surface area (Å²) in [6, 6.07) is -3.16. The second kappa shape index (κ2) is 15.1. The number of fused-ring (bicyclic) bond motifs is 1. The number of rotatable bonds is 12. The number of nitrogens with zero attached hydrogens (tertiary/aromatic N) is 3. The molecule has 0 unspecified atom stereocenters. The molecule has 7 atom stereocenters. The van der Waals surface area contributed by atoms with Gasteiger partial charge < -0.3 is 20.9 Å². The van der Waals surface area contributed by atoms with Crippen LogP contribution in [0.15, 0.2) is 12.7 Å². The largest absolute Gasteiger partial charge is 0.342 e. The average Bonchev–Trinajstić information content (AvgIpc) is 3.57. The number of piperidine rings is 1. The number of nitrogens with one attached hydrogen (secondary N) is 4. The van der Waals surface area contributed by atoms with Gasteiger partial charge in [0, 0.05) is 37.0 Å². The highest BCUT2D eigenvalue weighted by Gasteiger charge is 2.85. The summed E-state index contributed by atoms with van der Waals surface area (Å²) in [6.45, 7) is 25.5. The Kier molecular flexibility index (Phi) is 11.6. The fourth-order valence-electron chi connectivity index (χ4n) is 11.4. The Morgan fingerprint density at radius 3 is 1.88 bits per heavy atom. The van der Waals surface area contributed by atoms with Gasteiger partial charge in [-0.15, -0.1) is 6.58 Å². The molecule has 6 fully saturated rings. The number of hydrogen-bond acceptors (Lipinski definition) is 8. The van der Waals surface area contributed by atoms with Crippen LogP contribution in [0.25, 0.3) is 0 Å². The van der Waals surface area contributed by atoms with E-state index in [0.29, 0.717) is 45.3 Å². The van der Waals surface area contributed by atoms with Crippen molar-refractivity contribution in [3.63, 3.8) is 0 Å². The van der Waals surface area contributed by atoms with Gasteiger partial charge in [-0.1, -0.05) is 74.3 Å². The van der Waals surface area contributed by atoms with E-state index in [1.807, 2.05) is 41.5 Å². The van der Waals surface area contributed by atoms with Crippen LogP contribution < -0.4 is 20.7 Å². The summed E-state index contributed by atoms with van der Waals surface area (Å²) >= 11 is 0. The van der Waals surface area contributed by atoms with Crippen LogP contribution in [0.2, 0.25) is 0 Å². The molecule has 0 aromatic heterocycles. The molecule has 3 saturated carbocycles. The van der Waals surface area contributed by atoms with Crippen molar-refractivity contribution in [1.82, 2.24) is 34.8 Å². The number of hydrogen-bond donors (Lipinski definition) is 4. The monoisotopic (exact) mass is 830 g/mol. The molecule has 0 radical (unpaired) electrons. The molecule has 0 aromatic carbocycles. The summed E-state index contributed by atoms with van der Waals surface area (Å²) in [7, 11) is -4.11. The summed E-state index contributed by atoms with van der Waals surface area (Å²) in [5.74, 6) is -2.91. The SMILES string of the molecule is C=C[C@@H]1C[C@]1(NC(=O)[C@@H]1C[C@@]2(CN1C(=O)[C@@H](NC(=O)[C@@H](NC(=O)[C@@H]1CCCCN1C(C)C)C(C)(C)C)C(C)(C)C)C(C)(C)C21CCC1)C(=O)NS(=O)(=O)N1CCCC1. The summed E-state index contributed by atoms with van der Waals surface area (Å²) < 4.78 is 29.8. The van der Waals surface area contributed by atoms with Crippen LogP contribution in [0.5, 0.6) is 0 Å². The minimum Gasteiger partial charge on any atom is -0.342 e. The van der Waals surface area contributed by atoms with Gasteiger partial charge in [-0.3, -0.25) is 28.9 Å². The zero-order chi connectivity index (χ0) is 43.0. The third kappa shape index (κ3) is 7.40. The van der Waals surface area contributed by atoms with Gasteiger partial charge in [0.05, 0.1) is 6.04 Å². The van der Waals surface area contributed by atoms with Crippen molar-refractivity contribution in [3.05, 3.63) is 12.7 Å². The molecule has 326 valence electrons. The molecular weight excluding hydrogens is 759 g/mol. The highest BCUT2D eigenvalue weighted by Crippen LogP contribution is 2.88. The first kappa shape index (κ1) is 44.5. The molecule has 3 heterocycles. The van der Waals surface area contributed by atoms with Crippen LogP contribution in [0.3, 0.4) is 0 Å². The Morgan fingerprint density at radius 2 is 1.38 bits per heavy atom. The molecule has 3 aliphatic heterocycles. The molecule has 58 heavy (non-hydrogen) atoms. The molecule has 3 aliphatic carbocycles.